The first-order valence-electron chi connectivity index (χ1n) is 5.45. The molecule has 0 heterocycles. The van der Waals surface area contributed by atoms with Gasteiger partial charge in [-0.1, -0.05) is 6.42 Å². The molecule has 6 heteroatoms. The Labute approximate surface area is 111 Å². The summed E-state index contributed by atoms with van der Waals surface area (Å²) < 4.78 is 13.3. The van der Waals surface area contributed by atoms with Crippen molar-refractivity contribution in [2.45, 2.75) is 19.3 Å². The third-order valence-electron chi connectivity index (χ3n) is 3.23. The Bertz CT molecular complexity index is 514. The lowest BCUT2D eigenvalue weighted by Crippen LogP contribution is -2.48. The Morgan fingerprint density at radius 2 is 2.06 bits per heavy atom. The molecule has 1 saturated carbocycles. The molecule has 96 valence electrons. The molecular formula is C12H11BrFNO3. The second-order valence-electron chi connectivity index (χ2n) is 4.32. The zero-order valence-corrected chi connectivity index (χ0v) is 11.0. The highest BCUT2D eigenvalue weighted by molar-refractivity contribution is 9.10. The summed E-state index contributed by atoms with van der Waals surface area (Å²) >= 11 is 3.12. The minimum Gasteiger partial charge on any atom is -0.480 e. The van der Waals surface area contributed by atoms with Crippen LogP contribution in [-0.4, -0.2) is 17.0 Å². The molecule has 1 amide bonds. The van der Waals surface area contributed by atoms with Crippen molar-refractivity contribution in [3.05, 3.63) is 28.5 Å². The Morgan fingerprint density at radius 1 is 1.39 bits per heavy atom. The first-order chi connectivity index (χ1) is 8.45. The van der Waals surface area contributed by atoms with E-state index in [1.807, 2.05) is 0 Å². The Morgan fingerprint density at radius 3 is 2.50 bits per heavy atom. The van der Waals surface area contributed by atoms with Crippen LogP contribution in [0.3, 0.4) is 0 Å². The fraction of sp³-hybridized carbons (Fsp3) is 0.333. The molecular weight excluding hydrogens is 305 g/mol. The molecule has 0 aromatic heterocycles. The van der Waals surface area contributed by atoms with E-state index in [4.69, 9.17) is 5.11 Å². The van der Waals surface area contributed by atoms with Gasteiger partial charge in [0.15, 0.2) is 0 Å². The van der Waals surface area contributed by atoms with Crippen LogP contribution in [0.1, 0.15) is 19.3 Å². The highest BCUT2D eigenvalue weighted by atomic mass is 79.9. The predicted octanol–water partition coefficient (Wildman–Crippen LogP) is 2.78. The number of halogens is 2. The number of carboxylic acid groups (broad SMARTS) is 1. The van der Waals surface area contributed by atoms with E-state index in [1.54, 1.807) is 0 Å². The van der Waals surface area contributed by atoms with E-state index in [0.29, 0.717) is 23.0 Å². The summed E-state index contributed by atoms with van der Waals surface area (Å²) in [7, 11) is 0. The third-order valence-corrected chi connectivity index (χ3v) is 3.89. The predicted molar refractivity (Wildman–Crippen MR) is 66.6 cm³/mol. The largest absolute Gasteiger partial charge is 0.480 e. The lowest BCUT2D eigenvalue weighted by Gasteiger charge is -2.35. The quantitative estimate of drug-likeness (QED) is 0.843. The van der Waals surface area contributed by atoms with E-state index in [0.717, 1.165) is 6.42 Å². The molecule has 1 aliphatic rings. The maximum atomic E-state index is 12.9. The van der Waals surface area contributed by atoms with E-state index in [2.05, 4.69) is 21.2 Å². The van der Waals surface area contributed by atoms with Crippen LogP contribution in [0, 0.1) is 11.2 Å². The lowest BCUT2D eigenvalue weighted by atomic mass is 9.68. The number of benzene rings is 1. The highest BCUT2D eigenvalue weighted by Gasteiger charge is 2.51. The Kier molecular flexibility index (Phi) is 3.38. The SMILES string of the molecule is O=C(O)C1(C(=O)Nc2ccc(F)cc2Br)CCC1. The summed E-state index contributed by atoms with van der Waals surface area (Å²) in [6.45, 7) is 0. The number of anilines is 1. The molecule has 0 radical (unpaired) electrons. The summed E-state index contributed by atoms with van der Waals surface area (Å²) in [6, 6.07) is 3.81. The molecule has 2 N–H and O–H groups in total. The fourth-order valence-corrected chi connectivity index (χ4v) is 2.35. The van der Waals surface area contributed by atoms with Crippen LogP contribution in [0.2, 0.25) is 0 Å². The van der Waals surface area contributed by atoms with Gasteiger partial charge in [-0.05, 0) is 47.0 Å². The van der Waals surface area contributed by atoms with E-state index >= 15 is 0 Å². The smallest absolute Gasteiger partial charge is 0.319 e. The van der Waals surface area contributed by atoms with Gasteiger partial charge in [0.05, 0.1) is 5.69 Å². The zero-order valence-electron chi connectivity index (χ0n) is 9.37. The highest BCUT2D eigenvalue weighted by Crippen LogP contribution is 2.42. The van der Waals surface area contributed by atoms with Gasteiger partial charge in [-0.15, -0.1) is 0 Å². The molecule has 18 heavy (non-hydrogen) atoms. The molecule has 4 nitrogen and oxygen atoms in total. The van der Waals surface area contributed by atoms with Crippen LogP contribution in [0.25, 0.3) is 0 Å². The molecule has 1 fully saturated rings. The number of hydrogen-bond acceptors (Lipinski definition) is 2. The molecule has 1 aromatic carbocycles. The molecule has 1 aliphatic carbocycles. The number of carbonyl (C=O) groups is 2. The molecule has 0 saturated heterocycles. The molecule has 2 rings (SSSR count). The van der Waals surface area contributed by atoms with Gasteiger partial charge in [-0.2, -0.15) is 0 Å². The minimum atomic E-state index is -1.33. The number of carboxylic acids is 1. The molecule has 0 unspecified atom stereocenters. The van der Waals surface area contributed by atoms with E-state index < -0.39 is 23.1 Å². The first-order valence-corrected chi connectivity index (χ1v) is 6.25. The van der Waals surface area contributed by atoms with Gasteiger partial charge in [0.25, 0.3) is 0 Å². The third kappa shape index (κ3) is 2.12. The second-order valence-corrected chi connectivity index (χ2v) is 5.17. The minimum absolute atomic E-state index is 0.340. The van der Waals surface area contributed by atoms with Crippen molar-refractivity contribution in [2.75, 3.05) is 5.32 Å². The summed E-state index contributed by atoms with van der Waals surface area (Å²) in [4.78, 5) is 23.1. The van der Waals surface area contributed by atoms with Crippen molar-refractivity contribution in [3.63, 3.8) is 0 Å². The second kappa shape index (κ2) is 4.68. The molecule has 0 atom stereocenters. The van der Waals surface area contributed by atoms with Gasteiger partial charge < -0.3 is 10.4 Å². The van der Waals surface area contributed by atoms with Crippen molar-refractivity contribution < 1.29 is 19.1 Å². The van der Waals surface area contributed by atoms with Crippen LogP contribution in [-0.2, 0) is 9.59 Å². The van der Waals surface area contributed by atoms with Crippen molar-refractivity contribution in [1.82, 2.24) is 0 Å². The Balaban J connectivity index is 2.19. The monoisotopic (exact) mass is 315 g/mol. The molecule has 1 aromatic rings. The van der Waals surface area contributed by atoms with Gasteiger partial charge >= 0.3 is 5.97 Å². The van der Waals surface area contributed by atoms with Crippen LogP contribution >= 0.6 is 15.9 Å². The van der Waals surface area contributed by atoms with Crippen LogP contribution < -0.4 is 5.32 Å². The van der Waals surface area contributed by atoms with E-state index in [9.17, 15) is 14.0 Å². The van der Waals surface area contributed by atoms with Crippen LogP contribution in [0.5, 0.6) is 0 Å². The van der Waals surface area contributed by atoms with E-state index in [-0.39, 0.29) is 0 Å². The normalized spacial score (nSPS) is 16.8. The number of rotatable bonds is 3. The van der Waals surface area contributed by atoms with Gasteiger partial charge in [-0.25, -0.2) is 4.39 Å². The average molecular weight is 316 g/mol. The number of amides is 1. The van der Waals surface area contributed by atoms with Crippen molar-refractivity contribution in [1.29, 1.82) is 0 Å². The number of nitrogens with one attached hydrogen (secondary N) is 1. The van der Waals surface area contributed by atoms with Gasteiger partial charge in [-0.3, -0.25) is 9.59 Å². The Hall–Kier alpha value is -1.43. The van der Waals surface area contributed by atoms with Crippen molar-refractivity contribution in [2.24, 2.45) is 5.41 Å². The summed E-state index contributed by atoms with van der Waals surface area (Å²) in [5, 5.41) is 11.6. The standard InChI is InChI=1S/C12H11BrFNO3/c13-8-6-7(14)2-3-9(8)15-10(16)12(11(17)18)4-1-5-12/h2-3,6H,1,4-5H2,(H,15,16)(H,17,18). The number of aliphatic carboxylic acids is 1. The molecule has 0 aliphatic heterocycles. The van der Waals surface area contributed by atoms with Crippen molar-refractivity contribution >= 4 is 33.5 Å². The number of carbonyl (C=O) groups excluding carboxylic acids is 1. The summed E-state index contributed by atoms with van der Waals surface area (Å²) in [5.74, 6) is -2.09. The molecule has 0 bridgehead atoms. The lowest BCUT2D eigenvalue weighted by molar-refractivity contribution is -0.159. The van der Waals surface area contributed by atoms with Crippen LogP contribution in [0.15, 0.2) is 22.7 Å². The maximum absolute atomic E-state index is 12.9. The topological polar surface area (TPSA) is 66.4 Å². The van der Waals surface area contributed by atoms with Gasteiger partial charge in [0, 0.05) is 4.47 Å². The van der Waals surface area contributed by atoms with Gasteiger partial charge in [0.1, 0.15) is 11.2 Å². The first kappa shape index (κ1) is 13.0. The van der Waals surface area contributed by atoms with Gasteiger partial charge in [0.2, 0.25) is 5.91 Å². The van der Waals surface area contributed by atoms with Crippen LogP contribution in [0.4, 0.5) is 10.1 Å². The van der Waals surface area contributed by atoms with E-state index in [1.165, 1.54) is 18.2 Å². The van der Waals surface area contributed by atoms with Crippen molar-refractivity contribution in [3.8, 4) is 0 Å². The summed E-state index contributed by atoms with van der Waals surface area (Å²) in [5.41, 5.74) is -0.956. The summed E-state index contributed by atoms with van der Waals surface area (Å²) in [6.07, 6.45) is 1.41. The zero-order chi connectivity index (χ0) is 13.3. The average Bonchev–Trinajstić information content (AvgIpc) is 2.19. The fourth-order valence-electron chi connectivity index (χ4n) is 1.90. The number of hydrogen-bond donors (Lipinski definition) is 2. The maximum Gasteiger partial charge on any atom is 0.319 e. The molecule has 0 spiro atoms.